The third kappa shape index (κ3) is 33.2. The van der Waals surface area contributed by atoms with Gasteiger partial charge in [-0.1, -0.05) is 175 Å². The van der Waals surface area contributed by atoms with Crippen molar-refractivity contribution in [3.05, 3.63) is 47.5 Å². The summed E-state index contributed by atoms with van der Waals surface area (Å²) in [4.78, 5) is 116. The van der Waals surface area contributed by atoms with Gasteiger partial charge in [0.05, 0.1) is 68.9 Å². The van der Waals surface area contributed by atoms with Crippen LogP contribution in [0.15, 0.2) is 42.0 Å². The van der Waals surface area contributed by atoms with E-state index in [0.717, 1.165) is 92.6 Å². The highest BCUT2D eigenvalue weighted by atomic mass is 16.7. The van der Waals surface area contributed by atoms with E-state index in [0.29, 0.717) is 121 Å². The highest BCUT2D eigenvalue weighted by Gasteiger charge is 2.60. The van der Waals surface area contributed by atoms with Gasteiger partial charge in [-0.3, -0.25) is 43.3 Å². The van der Waals surface area contributed by atoms with Gasteiger partial charge in [-0.25, -0.2) is 4.79 Å². The van der Waals surface area contributed by atoms with E-state index in [9.17, 15) is 43.2 Å². The number of carbonyl (C=O) groups excluding carboxylic acids is 9. The van der Waals surface area contributed by atoms with Crippen molar-refractivity contribution in [1.82, 2.24) is 15.5 Å². The number of hydrogen-bond donors (Lipinski definition) is 2. The number of amides is 3. The van der Waals surface area contributed by atoms with Gasteiger partial charge in [0.1, 0.15) is 49.1 Å². The Labute approximate surface area is 739 Å². The Balaban J connectivity index is 0.742. The minimum atomic E-state index is -0.726. The van der Waals surface area contributed by atoms with Gasteiger partial charge in [-0.05, 0) is 191 Å². The number of hydrogen-bond acceptors (Lipinski definition) is 20. The number of allylic oxidation sites excluding steroid dienone is 1. The number of benzene rings is 1. The van der Waals surface area contributed by atoms with Gasteiger partial charge in [0.2, 0.25) is 11.8 Å². The van der Waals surface area contributed by atoms with Gasteiger partial charge in [0, 0.05) is 105 Å². The fraction of sp³-hybridized carbons (Fsp3) is 0.830. The lowest BCUT2D eigenvalue weighted by Gasteiger charge is -2.59. The van der Waals surface area contributed by atoms with Crippen LogP contribution in [0.1, 0.15) is 333 Å². The molecule has 3 saturated heterocycles. The molecule has 21 atom stereocenters. The summed E-state index contributed by atoms with van der Waals surface area (Å²) < 4.78 is 67.0. The lowest BCUT2D eigenvalue weighted by atomic mass is 9.46. The molecule has 3 aliphatic heterocycles. The summed E-state index contributed by atoms with van der Waals surface area (Å²) in [6, 6.07) is 7.66. The van der Waals surface area contributed by atoms with Crippen LogP contribution >= 0.6 is 0 Å². The largest absolute Gasteiger partial charge is 0.463 e. The molecule has 3 saturated carbocycles. The van der Waals surface area contributed by atoms with Gasteiger partial charge < -0.3 is 62.7 Å². The van der Waals surface area contributed by atoms with E-state index >= 15 is 0 Å². The Bertz CT molecular complexity index is 3390. The fourth-order valence-electron chi connectivity index (χ4n) is 21.6. The van der Waals surface area contributed by atoms with Gasteiger partial charge in [0.25, 0.3) is 0 Å². The zero-order valence-corrected chi connectivity index (χ0v) is 78.1. The molecule has 6 fully saturated rings. The van der Waals surface area contributed by atoms with E-state index in [-0.39, 0.29) is 148 Å². The summed E-state index contributed by atoms with van der Waals surface area (Å²) in [6.07, 6.45) is 32.7. The Hall–Kier alpha value is -5.53. The Kier molecular flexibility index (Phi) is 45.2. The number of fused-ring (bicyclic) bond motifs is 5. The lowest BCUT2D eigenvalue weighted by molar-refractivity contribution is -0.244. The lowest BCUT2D eigenvalue weighted by Crippen LogP contribution is -2.73. The first-order chi connectivity index (χ1) is 59.1. The summed E-state index contributed by atoms with van der Waals surface area (Å²) in [5.74, 6) is 4.38. The quantitative estimate of drug-likeness (QED) is 0.0265. The van der Waals surface area contributed by atoms with Crippen molar-refractivity contribution in [2.75, 3.05) is 66.1 Å². The van der Waals surface area contributed by atoms with Crippen LogP contribution in [0.25, 0.3) is 0 Å². The minimum absolute atomic E-state index is 0.000743. The number of Topliss-reactive ketones (excluding diaryl/α,β-unsaturated/α-hetero) is 4. The van der Waals surface area contributed by atoms with Gasteiger partial charge in [-0.15, -0.1) is 0 Å². The molecule has 8 rings (SSSR count). The van der Waals surface area contributed by atoms with Crippen LogP contribution in [0.5, 0.6) is 0 Å². The zero-order valence-electron chi connectivity index (χ0n) is 78.1. The molecule has 3 heterocycles. The molecule has 23 nitrogen and oxygen atoms in total. The first-order valence-electron chi connectivity index (χ1n) is 48.6. The number of carbonyl (C=O) groups is 9. The Morgan fingerprint density at radius 1 is 0.463 bits per heavy atom. The third-order valence-electron chi connectivity index (χ3n) is 29.4. The fourth-order valence-corrected chi connectivity index (χ4v) is 21.6. The number of nitrogens with one attached hydrogen (secondary N) is 2. The SMILES string of the molecule is CC(=O)NC1C(OCCCCC(=O)CCCCCC(=O)CCOCC2C(OCCC(=O)CCCCCC(=O)CCCCOC3OC(COC(C)=O)C(C)C(C)C3NC(C)=O)C(COCCCCCCCCCCO[C@@H]3C=C4CC[C@H]5[C@@H]6CC[C@H]([C@H](C)CCCC(C)C)[C@@]6(C)CC[C@@H]5[C@@]4(C)CC3)N2C(=O)OCc2ccccc2)OC(COC(C)=O)C(C)C1C. The maximum absolute atomic E-state index is 14.3. The van der Waals surface area contributed by atoms with Gasteiger partial charge in [0.15, 0.2) is 12.6 Å². The van der Waals surface area contributed by atoms with Crippen LogP contribution < -0.4 is 10.6 Å². The maximum Gasteiger partial charge on any atom is 0.410 e. The van der Waals surface area contributed by atoms with Crippen molar-refractivity contribution < 1.29 is 95.3 Å². The van der Waals surface area contributed by atoms with Crippen LogP contribution in [0.4, 0.5) is 4.79 Å². The van der Waals surface area contributed by atoms with Crippen molar-refractivity contribution in [1.29, 1.82) is 0 Å². The van der Waals surface area contributed by atoms with E-state index in [1.807, 2.05) is 58.0 Å². The highest BCUT2D eigenvalue weighted by Crippen LogP contribution is 2.68. The number of likely N-dealkylation sites (tertiary alicyclic amines) is 1. The second kappa shape index (κ2) is 54.1. The normalized spacial score (nSPS) is 29.3. The summed E-state index contributed by atoms with van der Waals surface area (Å²) in [5, 5.41) is 5.93. The van der Waals surface area contributed by atoms with Crippen LogP contribution in [-0.4, -0.2) is 185 Å². The van der Waals surface area contributed by atoms with E-state index in [1.165, 1.54) is 118 Å². The van der Waals surface area contributed by atoms with Gasteiger partial charge in [-0.2, -0.15) is 0 Å². The molecule has 0 spiro atoms. The van der Waals surface area contributed by atoms with Crippen molar-refractivity contribution in [2.24, 2.45) is 70.0 Å². The molecule has 4 aliphatic carbocycles. The molecule has 698 valence electrons. The molecule has 23 heteroatoms. The van der Waals surface area contributed by atoms with E-state index in [2.05, 4.69) is 51.3 Å². The number of rotatable bonds is 60. The smallest absolute Gasteiger partial charge is 0.410 e. The number of nitrogens with zero attached hydrogens (tertiary/aromatic N) is 1. The molecule has 1 aromatic rings. The molecule has 1 aromatic carbocycles. The molecule has 123 heavy (non-hydrogen) atoms. The molecule has 0 aromatic heterocycles. The second-order valence-corrected chi connectivity index (χ2v) is 38.9. The van der Waals surface area contributed by atoms with Crippen LogP contribution in [0.2, 0.25) is 0 Å². The average Bonchev–Trinajstić information content (AvgIpc) is 1.63. The summed E-state index contributed by atoms with van der Waals surface area (Å²) in [5.41, 5.74) is 3.43. The second-order valence-electron chi connectivity index (χ2n) is 38.9. The summed E-state index contributed by atoms with van der Waals surface area (Å²) in [7, 11) is 0. The van der Waals surface area contributed by atoms with Crippen molar-refractivity contribution >= 4 is 53.0 Å². The van der Waals surface area contributed by atoms with Crippen LogP contribution in [0.3, 0.4) is 0 Å². The number of esters is 2. The maximum atomic E-state index is 14.3. The monoisotopic (exact) mass is 1730 g/mol. The topological polar surface area (TPSA) is 282 Å². The molecule has 0 radical (unpaired) electrons. The highest BCUT2D eigenvalue weighted by molar-refractivity contribution is 5.80. The molecule has 7 aliphatic rings. The van der Waals surface area contributed by atoms with Crippen LogP contribution in [-0.2, 0) is 97.1 Å². The molecular formula is C100H163N3O20. The van der Waals surface area contributed by atoms with E-state index in [4.69, 9.17) is 52.1 Å². The first-order valence-corrected chi connectivity index (χ1v) is 48.6. The third-order valence-corrected chi connectivity index (χ3v) is 29.4. The average molecular weight is 1730 g/mol. The van der Waals surface area contributed by atoms with Crippen molar-refractivity contribution in [3.63, 3.8) is 0 Å². The molecule has 2 N–H and O–H groups in total. The molecular weight excluding hydrogens is 1560 g/mol. The van der Waals surface area contributed by atoms with Crippen molar-refractivity contribution in [3.8, 4) is 0 Å². The Morgan fingerprint density at radius 3 is 1.46 bits per heavy atom. The number of ketones is 4. The van der Waals surface area contributed by atoms with E-state index in [1.54, 1.807) is 10.5 Å². The zero-order chi connectivity index (χ0) is 88.9. The minimum Gasteiger partial charge on any atom is -0.463 e. The van der Waals surface area contributed by atoms with Crippen molar-refractivity contribution in [2.45, 2.75) is 395 Å². The number of unbranched alkanes of at least 4 members (excludes halogenated alkanes) is 13. The van der Waals surface area contributed by atoms with E-state index < -0.39 is 48.8 Å². The predicted octanol–water partition coefficient (Wildman–Crippen LogP) is 18.8. The van der Waals surface area contributed by atoms with Gasteiger partial charge >= 0.3 is 18.0 Å². The molecule has 3 amide bonds. The first kappa shape index (κ1) is 103. The summed E-state index contributed by atoms with van der Waals surface area (Å²) >= 11 is 0. The predicted molar refractivity (Wildman–Crippen MR) is 475 cm³/mol. The molecule has 0 bridgehead atoms. The molecule has 13 unspecified atom stereocenters. The Morgan fingerprint density at radius 2 is 0.935 bits per heavy atom. The van der Waals surface area contributed by atoms with Crippen LogP contribution in [0, 0.1) is 70.0 Å². The summed E-state index contributed by atoms with van der Waals surface area (Å²) in [6.45, 7) is 29.2. The number of ether oxygens (including phenoxy) is 11. The standard InChI is InChI=1S/C100H163N3O20/c1-68(2)36-35-37-69(3)86-48-49-87-85-47-46-79-62-84(50-54-99(79,12)88(85)51-55-100(86,87)13)115-57-32-19-17-15-14-16-18-31-56-113-64-89-95(116-61-53-83(111)43-28-22-26-41-81(109)45-30-34-59-118-97-94(102-75(9)105)73(7)71(5)92(123-97)67-120-77(11)107)90(103(89)98(112)121-63-78-38-23-20-24-39-78)65-114-60-52-82(110)42-27-21-25-40-80(108)44-29-33-58-117-96-93(101-74(8)104)72(6)70(4)91(122-96)66-119-76(10)106/h20,23-24,38-39,62,68-73,84-97H,14-19,21-22,25-37,40-61,63-67H2,1-13H3,(H,101,104)(H,102,105)/t69-,70?,71?,72?,73?,84+,85+,86-,87+,88+,89?,90?,91?,92?,93?,94?,95?,96?,97?,99+,100-/m1/s1.